The number of hydrogen-bond donors (Lipinski definition) is 0. The number of hydrogen-bond acceptors (Lipinski definition) is 7. The predicted molar refractivity (Wildman–Crippen MR) is 282 cm³/mol. The van der Waals surface area contributed by atoms with Crippen molar-refractivity contribution >= 4 is 5.78 Å². The van der Waals surface area contributed by atoms with E-state index in [1.54, 1.807) is 24.7 Å². The van der Waals surface area contributed by atoms with Crippen LogP contribution >= 0.6 is 0 Å². The maximum Gasteiger partial charge on any atom is 3.00 e. The molecule has 0 saturated carbocycles. The van der Waals surface area contributed by atoms with Crippen molar-refractivity contribution in [2.75, 3.05) is 0 Å². The molecule has 0 aliphatic heterocycles. The Morgan fingerprint density at radius 3 is 1.23 bits per heavy atom. The van der Waals surface area contributed by atoms with Gasteiger partial charge in [0.2, 0.25) is 0 Å². The summed E-state index contributed by atoms with van der Waals surface area (Å²) in [6.07, 6.45) is 5.35. The molecule has 10 rings (SSSR count). The first-order valence-electron chi connectivity index (χ1n) is 23.2. The Bertz CT molecular complexity index is 2990. The van der Waals surface area contributed by atoms with Gasteiger partial charge in [0.1, 0.15) is 0 Å². The molecule has 350 valence electrons. The van der Waals surface area contributed by atoms with Gasteiger partial charge in [-0.05, 0) is 51.2 Å². The molecule has 0 saturated heterocycles. The molecular formula is C63H53IrN6O. The van der Waals surface area contributed by atoms with Crippen molar-refractivity contribution in [1.29, 1.82) is 0 Å². The summed E-state index contributed by atoms with van der Waals surface area (Å²) in [5.41, 5.74) is 12.0. The summed E-state index contributed by atoms with van der Waals surface area (Å²) in [7, 11) is 0. The monoisotopic (exact) mass is 1100 g/mol. The number of carbonyl (C=O) groups excluding carboxylic acids is 1. The Morgan fingerprint density at radius 1 is 0.394 bits per heavy atom. The maximum atomic E-state index is 12.8. The van der Waals surface area contributed by atoms with Crippen LogP contribution in [0.15, 0.2) is 213 Å². The Morgan fingerprint density at radius 2 is 0.831 bits per heavy atom. The van der Waals surface area contributed by atoms with E-state index in [1.807, 2.05) is 140 Å². The van der Waals surface area contributed by atoms with Crippen LogP contribution in [0.5, 0.6) is 0 Å². The fourth-order valence-electron chi connectivity index (χ4n) is 7.32. The third kappa shape index (κ3) is 13.7. The summed E-state index contributed by atoms with van der Waals surface area (Å²) in [5.74, 6) is 1.73. The number of carbonyl (C=O) groups is 1. The molecule has 0 spiro atoms. The largest absolute Gasteiger partial charge is 3.00 e. The number of benzene rings is 6. The summed E-state index contributed by atoms with van der Waals surface area (Å²) >= 11 is 0. The SMILES string of the molecule is CC(C)(C)c1ccc(-c2nc(-c3ccc(C(C)(C)C)cc3)nc(-c3ccc(-c4[c-]cc(C(=O)c5ccccc5)cc4)nc3)n2)cc1.[Ir+3].[c-]1ccccc1-c1ccccn1.[c-]1ccccc1-c1ccccn1. The molecule has 0 aliphatic rings. The fraction of sp³-hybridized carbons (Fsp3) is 0.127. The Labute approximate surface area is 431 Å². The molecule has 0 aliphatic carbocycles. The topological polar surface area (TPSA) is 94.4 Å². The van der Waals surface area contributed by atoms with Crippen molar-refractivity contribution < 1.29 is 24.9 Å². The number of pyridine rings is 3. The average Bonchev–Trinajstić information content (AvgIpc) is 3.42. The first kappa shape index (κ1) is 51.0. The minimum atomic E-state index is -0.0331. The van der Waals surface area contributed by atoms with Crippen LogP contribution in [0, 0.1) is 18.2 Å². The Kier molecular flexibility index (Phi) is 16.9. The standard InChI is InChI=1S/C41H37N4O.2C11H8N.Ir/c1-40(2,3)33-21-16-30(17-22-33)37-43-38(31-18-23-34(24-19-31)41(4,5)6)45-39(44-37)32-20-25-35(42-26-32)27-12-14-29(15-13-27)36(46)28-10-8-7-9-11-28;2*1-2-6-10(7-3-1)11-8-4-5-9-12-11;/h7-12,14-26H,1-6H3;2*1-6,8-9H;/q3*-1;+3. The summed E-state index contributed by atoms with van der Waals surface area (Å²) in [4.78, 5) is 40.7. The molecule has 7 nitrogen and oxygen atoms in total. The van der Waals surface area contributed by atoms with Gasteiger partial charge in [-0.2, -0.15) is 0 Å². The third-order valence-electron chi connectivity index (χ3n) is 11.4. The molecule has 0 amide bonds. The zero-order valence-corrected chi connectivity index (χ0v) is 43.0. The van der Waals surface area contributed by atoms with Crippen LogP contribution in [0.3, 0.4) is 0 Å². The Balaban J connectivity index is 0.000000239. The maximum absolute atomic E-state index is 12.8. The van der Waals surface area contributed by atoms with Crippen molar-refractivity contribution in [2.24, 2.45) is 0 Å². The molecule has 6 aromatic carbocycles. The van der Waals surface area contributed by atoms with E-state index in [9.17, 15) is 4.79 Å². The third-order valence-corrected chi connectivity index (χ3v) is 11.4. The van der Waals surface area contributed by atoms with Gasteiger partial charge in [0.15, 0.2) is 23.3 Å². The molecule has 0 radical (unpaired) electrons. The molecule has 4 aromatic heterocycles. The van der Waals surface area contributed by atoms with Crippen LogP contribution < -0.4 is 0 Å². The molecule has 8 heteroatoms. The summed E-state index contributed by atoms with van der Waals surface area (Å²) in [5, 5.41) is 0. The predicted octanol–water partition coefficient (Wildman–Crippen LogP) is 14.7. The van der Waals surface area contributed by atoms with E-state index < -0.39 is 0 Å². The van der Waals surface area contributed by atoms with Crippen LogP contribution in [0.1, 0.15) is 68.6 Å². The van der Waals surface area contributed by atoms with Gasteiger partial charge in [-0.25, -0.2) is 15.0 Å². The first-order valence-corrected chi connectivity index (χ1v) is 23.2. The van der Waals surface area contributed by atoms with Crippen LogP contribution in [0.4, 0.5) is 0 Å². The first-order chi connectivity index (χ1) is 33.9. The van der Waals surface area contributed by atoms with Crippen molar-refractivity contribution in [2.45, 2.75) is 52.4 Å². The normalized spacial score (nSPS) is 10.9. The van der Waals surface area contributed by atoms with Gasteiger partial charge >= 0.3 is 20.1 Å². The number of rotatable bonds is 8. The minimum Gasteiger partial charge on any atom is -0.305 e. The van der Waals surface area contributed by atoms with Crippen molar-refractivity contribution in [3.05, 3.63) is 253 Å². The second-order valence-corrected chi connectivity index (χ2v) is 18.6. The van der Waals surface area contributed by atoms with Gasteiger partial charge in [-0.15, -0.1) is 102 Å². The molecule has 4 heterocycles. The van der Waals surface area contributed by atoms with Crippen LogP contribution in [0.2, 0.25) is 0 Å². The molecule has 0 unspecified atom stereocenters. The van der Waals surface area contributed by atoms with Crippen LogP contribution in [-0.4, -0.2) is 35.7 Å². The van der Waals surface area contributed by atoms with Crippen LogP contribution in [0.25, 0.3) is 67.9 Å². The summed E-state index contributed by atoms with van der Waals surface area (Å²) in [6, 6.07) is 72.3. The quantitative estimate of drug-likeness (QED) is 0.110. The van der Waals surface area contributed by atoms with E-state index in [4.69, 9.17) is 19.9 Å². The van der Waals surface area contributed by atoms with Gasteiger partial charge in [0.05, 0.1) is 0 Å². The second-order valence-electron chi connectivity index (χ2n) is 18.6. The van der Waals surface area contributed by atoms with E-state index in [0.717, 1.165) is 50.5 Å². The van der Waals surface area contributed by atoms with Crippen molar-refractivity contribution in [3.63, 3.8) is 0 Å². The zero-order valence-electron chi connectivity index (χ0n) is 40.6. The number of aromatic nitrogens is 6. The summed E-state index contributed by atoms with van der Waals surface area (Å²) in [6.45, 7) is 13.2. The van der Waals surface area contributed by atoms with E-state index in [1.165, 1.54) is 11.1 Å². The van der Waals surface area contributed by atoms with E-state index in [-0.39, 0.29) is 36.7 Å². The number of ketones is 1. The molecule has 0 atom stereocenters. The van der Waals surface area contributed by atoms with Crippen LogP contribution in [-0.2, 0) is 30.9 Å². The average molecular weight is 1100 g/mol. The van der Waals surface area contributed by atoms with Gasteiger partial charge in [-0.1, -0.05) is 162 Å². The van der Waals surface area contributed by atoms with Gasteiger partial charge in [0, 0.05) is 40.8 Å². The summed E-state index contributed by atoms with van der Waals surface area (Å²) < 4.78 is 0. The smallest absolute Gasteiger partial charge is 0.305 e. The molecular weight excluding hydrogens is 1050 g/mol. The molecule has 10 aromatic rings. The zero-order chi connectivity index (χ0) is 48.9. The molecule has 71 heavy (non-hydrogen) atoms. The minimum absolute atomic E-state index is 0. The van der Waals surface area contributed by atoms with E-state index in [2.05, 4.69) is 118 Å². The molecule has 0 fully saturated rings. The van der Waals surface area contributed by atoms with Gasteiger partial charge in [0.25, 0.3) is 0 Å². The molecule has 0 N–H and O–H groups in total. The van der Waals surface area contributed by atoms with Crippen molar-refractivity contribution in [1.82, 2.24) is 29.9 Å². The second kappa shape index (κ2) is 23.6. The Hall–Kier alpha value is -7.90. The molecule has 0 bridgehead atoms. The van der Waals surface area contributed by atoms with E-state index in [0.29, 0.717) is 28.6 Å². The van der Waals surface area contributed by atoms with Crippen molar-refractivity contribution in [3.8, 4) is 67.9 Å². The van der Waals surface area contributed by atoms with E-state index >= 15 is 0 Å². The fourth-order valence-corrected chi connectivity index (χ4v) is 7.32. The van der Waals surface area contributed by atoms with Gasteiger partial charge in [-0.3, -0.25) is 4.79 Å². The number of nitrogens with zero attached hydrogens (tertiary/aromatic N) is 6. The van der Waals surface area contributed by atoms with Gasteiger partial charge < -0.3 is 15.0 Å².